The van der Waals surface area contributed by atoms with Gasteiger partial charge in [-0.1, -0.05) is 0 Å². The van der Waals surface area contributed by atoms with E-state index in [1.165, 1.54) is 0 Å². The molecule has 0 aromatic carbocycles. The van der Waals surface area contributed by atoms with Crippen molar-refractivity contribution >= 4 is 0 Å². The van der Waals surface area contributed by atoms with E-state index in [0.29, 0.717) is 0 Å². The van der Waals surface area contributed by atoms with Crippen molar-refractivity contribution in [3.8, 4) is 0 Å². The van der Waals surface area contributed by atoms with Gasteiger partial charge in [-0.15, -0.1) is 0 Å². The Morgan fingerprint density at radius 2 is 0.500 bits per heavy atom. The third-order valence-corrected chi connectivity index (χ3v) is 0. The predicted molar refractivity (Wildman–Crippen MR) is 2.75 cm³/mol. The summed E-state index contributed by atoms with van der Waals surface area (Å²) in [6.07, 6.45) is 0. The molecule has 0 aromatic heterocycles. The van der Waals surface area contributed by atoms with E-state index >= 15 is 0 Å². The van der Waals surface area contributed by atoms with Gasteiger partial charge in [-0.25, -0.2) is 0 Å². The average molecular weight is 204 g/mol. The molecule has 6 heteroatoms. The summed E-state index contributed by atoms with van der Waals surface area (Å²) < 4.78 is 0. The fourth-order valence-electron chi connectivity index (χ4n) is 0. The molecule has 0 aromatic rings. The van der Waals surface area contributed by atoms with E-state index in [9.17, 15) is 0 Å². The van der Waals surface area contributed by atoms with E-state index in [-0.39, 0.29) is 73.2 Å². The predicted octanol–water partition coefficient (Wildman–Crippen LogP) is -0.480. The second-order valence-electron chi connectivity index (χ2n) is 0. The first-order chi connectivity index (χ1) is 0. The summed E-state index contributed by atoms with van der Waals surface area (Å²) in [5, 5.41) is 0. The average Bonchev–Trinajstić information content (AvgIpc) is 0. The molecule has 32 valence electrons. The van der Waals surface area contributed by atoms with Crippen LogP contribution in [0.1, 0.15) is 0 Å². The van der Waals surface area contributed by atoms with Gasteiger partial charge in [-0.05, 0) is 0 Å². The first kappa shape index (κ1) is 137. The fraction of sp³-hybridized carbons (Fsp3) is 0. The van der Waals surface area contributed by atoms with Crippen LogP contribution in [0.25, 0.3) is 0 Å². The molecule has 0 saturated carbocycles. The van der Waals surface area contributed by atoms with Crippen LogP contribution < -0.4 is 0 Å². The van der Waals surface area contributed by atoms with E-state index in [1.807, 2.05) is 0 Å². The standard InChI is InChI=1S/4O.V.Y/q4*-2;+5;+3. The van der Waals surface area contributed by atoms with Crippen LogP contribution in [0.15, 0.2) is 0 Å². The summed E-state index contributed by atoms with van der Waals surface area (Å²) in [6, 6.07) is 0. The molecule has 0 N–H and O–H groups in total. The van der Waals surface area contributed by atoms with Crippen molar-refractivity contribution in [1.82, 2.24) is 0 Å². The second-order valence-corrected chi connectivity index (χ2v) is 0. The normalized spacial score (nSPS) is 0. The molecule has 0 aliphatic carbocycles. The Bertz CT molecular complexity index is 7.51. The molecular weight excluding hydrogens is 204 g/mol. The second kappa shape index (κ2) is 85.4. The molecule has 0 atom stereocenters. The summed E-state index contributed by atoms with van der Waals surface area (Å²) in [5.74, 6) is 0. The zero-order valence-electron chi connectivity index (χ0n) is 2.66. The Kier molecular flexibility index (Phi) is 1960. The van der Waals surface area contributed by atoms with Gasteiger partial charge in [0.15, 0.2) is 0 Å². The first-order valence-corrected chi connectivity index (χ1v) is 0. The zero-order chi connectivity index (χ0) is 0. The fourth-order valence-corrected chi connectivity index (χ4v) is 0. The molecule has 0 heterocycles. The van der Waals surface area contributed by atoms with Crippen LogP contribution in [-0.4, -0.2) is 0 Å². The SMILES string of the molecule is [O-2].[O-2].[O-2].[O-2].[V+5].[Y+3]. The summed E-state index contributed by atoms with van der Waals surface area (Å²) in [4.78, 5) is 0. The van der Waals surface area contributed by atoms with Crippen molar-refractivity contribution in [3.63, 3.8) is 0 Å². The Morgan fingerprint density at radius 3 is 0.500 bits per heavy atom. The number of hydrogen-bond donors (Lipinski definition) is 0. The monoisotopic (exact) mass is 204 g/mol. The van der Waals surface area contributed by atoms with Gasteiger partial charge in [0.05, 0.1) is 0 Å². The van der Waals surface area contributed by atoms with Crippen molar-refractivity contribution in [2.45, 2.75) is 0 Å². The topological polar surface area (TPSA) is 114 Å². The minimum atomic E-state index is 0. The van der Waals surface area contributed by atoms with Crippen LogP contribution in [0.2, 0.25) is 0 Å². The Balaban J connectivity index is 0. The molecular formula is O4VY. The van der Waals surface area contributed by atoms with Crippen molar-refractivity contribution in [2.24, 2.45) is 0 Å². The smallest absolute Gasteiger partial charge is 2.00 e. The summed E-state index contributed by atoms with van der Waals surface area (Å²) in [7, 11) is 0. The summed E-state index contributed by atoms with van der Waals surface area (Å²) in [6.45, 7) is 0. The van der Waals surface area contributed by atoms with Crippen LogP contribution in [0, 0.1) is 0 Å². The van der Waals surface area contributed by atoms with Crippen LogP contribution in [-0.2, 0) is 73.2 Å². The van der Waals surface area contributed by atoms with E-state index in [4.69, 9.17) is 0 Å². The third-order valence-electron chi connectivity index (χ3n) is 0. The molecule has 0 fully saturated rings. The van der Waals surface area contributed by atoms with Gasteiger partial charge in [0.2, 0.25) is 0 Å². The van der Waals surface area contributed by atoms with Crippen molar-refractivity contribution in [2.75, 3.05) is 0 Å². The van der Waals surface area contributed by atoms with Gasteiger partial charge in [-0.3, -0.25) is 0 Å². The number of hydrogen-bond acceptors (Lipinski definition) is 0. The van der Waals surface area contributed by atoms with E-state index in [2.05, 4.69) is 0 Å². The molecule has 0 amide bonds. The minimum Gasteiger partial charge on any atom is -2.00 e. The van der Waals surface area contributed by atoms with E-state index in [1.54, 1.807) is 0 Å². The molecule has 0 aliphatic rings. The molecule has 0 aliphatic heterocycles. The van der Waals surface area contributed by atoms with Crippen molar-refractivity contribution < 1.29 is 73.2 Å². The Hall–Kier alpha value is 1.53. The van der Waals surface area contributed by atoms with Crippen LogP contribution in [0.5, 0.6) is 0 Å². The molecule has 6 heavy (non-hydrogen) atoms. The molecule has 0 unspecified atom stereocenters. The first-order valence-electron chi connectivity index (χ1n) is 0. The van der Waals surface area contributed by atoms with Crippen molar-refractivity contribution in [3.05, 3.63) is 0 Å². The van der Waals surface area contributed by atoms with Gasteiger partial charge < -0.3 is 21.9 Å². The van der Waals surface area contributed by atoms with Gasteiger partial charge in [0.25, 0.3) is 0 Å². The molecule has 0 saturated heterocycles. The van der Waals surface area contributed by atoms with Crippen molar-refractivity contribution in [1.29, 1.82) is 0 Å². The summed E-state index contributed by atoms with van der Waals surface area (Å²) >= 11 is 0. The van der Waals surface area contributed by atoms with Gasteiger partial charge in [-0.2, -0.15) is 0 Å². The summed E-state index contributed by atoms with van der Waals surface area (Å²) in [5.41, 5.74) is 0. The number of rotatable bonds is 0. The minimum absolute atomic E-state index is 0. The maximum absolute atomic E-state index is 0. The maximum atomic E-state index is 0. The van der Waals surface area contributed by atoms with Gasteiger partial charge in [0.1, 0.15) is 0 Å². The van der Waals surface area contributed by atoms with E-state index < -0.39 is 0 Å². The van der Waals surface area contributed by atoms with E-state index in [0.717, 1.165) is 0 Å². The Morgan fingerprint density at radius 1 is 0.500 bits per heavy atom. The van der Waals surface area contributed by atoms with Gasteiger partial charge >= 0.3 is 51.3 Å². The molecule has 4 nitrogen and oxygen atoms in total. The van der Waals surface area contributed by atoms with Crippen LogP contribution in [0.3, 0.4) is 0 Å². The molecule has 0 spiro atoms. The maximum Gasteiger partial charge on any atom is 5.00 e. The quantitative estimate of drug-likeness (QED) is 0.506. The van der Waals surface area contributed by atoms with Gasteiger partial charge in [0, 0.05) is 0 Å². The largest absolute Gasteiger partial charge is 5.00 e. The molecule has 0 radical (unpaired) electrons. The van der Waals surface area contributed by atoms with Crippen LogP contribution in [0.4, 0.5) is 0 Å². The Labute approximate surface area is 72.7 Å². The molecule has 0 rings (SSSR count). The van der Waals surface area contributed by atoms with Crippen LogP contribution >= 0.6 is 0 Å². The molecule has 0 bridgehead atoms. The third kappa shape index (κ3) is 48.5. The zero-order valence-corrected chi connectivity index (χ0v) is 6.89.